The van der Waals surface area contributed by atoms with Crippen molar-refractivity contribution in [2.75, 3.05) is 40.0 Å². The van der Waals surface area contributed by atoms with Crippen LogP contribution < -0.4 is 0 Å². The first kappa shape index (κ1) is 10.3. The van der Waals surface area contributed by atoms with Gasteiger partial charge in [0, 0.05) is 6.61 Å². The highest BCUT2D eigenvalue weighted by molar-refractivity contribution is 4.90. The summed E-state index contributed by atoms with van der Waals surface area (Å²) >= 11 is 0. The molecule has 0 saturated carbocycles. The molecule has 0 radical (unpaired) electrons. The van der Waals surface area contributed by atoms with Gasteiger partial charge in [0.15, 0.2) is 0 Å². The molecular formula is C9H16O5. The van der Waals surface area contributed by atoms with E-state index in [1.807, 2.05) is 0 Å². The van der Waals surface area contributed by atoms with Gasteiger partial charge in [0.2, 0.25) is 0 Å². The van der Waals surface area contributed by atoms with E-state index in [1.165, 1.54) is 0 Å². The summed E-state index contributed by atoms with van der Waals surface area (Å²) in [6.07, 6.45) is 0.581. The van der Waals surface area contributed by atoms with Gasteiger partial charge in [-0.3, -0.25) is 0 Å². The second-order valence-corrected chi connectivity index (χ2v) is 3.81. The molecule has 2 aliphatic heterocycles. The molecule has 5 heteroatoms. The lowest BCUT2D eigenvalue weighted by Crippen LogP contribution is -2.54. The van der Waals surface area contributed by atoms with E-state index in [0.717, 1.165) is 0 Å². The largest absolute Gasteiger partial charge is 0.396 e. The van der Waals surface area contributed by atoms with Crippen molar-refractivity contribution in [1.82, 2.24) is 0 Å². The van der Waals surface area contributed by atoms with Crippen molar-refractivity contribution in [3.05, 3.63) is 0 Å². The van der Waals surface area contributed by atoms with E-state index in [1.54, 1.807) is 0 Å². The van der Waals surface area contributed by atoms with Crippen molar-refractivity contribution >= 4 is 0 Å². The Morgan fingerprint density at radius 1 is 1.07 bits per heavy atom. The topological polar surface area (TPSA) is 57.2 Å². The van der Waals surface area contributed by atoms with Crippen LogP contribution in [0.5, 0.6) is 0 Å². The lowest BCUT2D eigenvalue weighted by molar-refractivity contribution is -0.278. The summed E-state index contributed by atoms with van der Waals surface area (Å²) in [5.74, 6) is 0. The van der Waals surface area contributed by atoms with Crippen molar-refractivity contribution in [1.29, 1.82) is 0 Å². The van der Waals surface area contributed by atoms with Gasteiger partial charge >= 0.3 is 0 Å². The molecule has 82 valence electrons. The van der Waals surface area contributed by atoms with Crippen LogP contribution in [0.15, 0.2) is 0 Å². The summed E-state index contributed by atoms with van der Waals surface area (Å²) in [7, 11) is 0. The van der Waals surface area contributed by atoms with Crippen LogP contribution in [-0.4, -0.2) is 51.2 Å². The third kappa shape index (κ3) is 1.92. The van der Waals surface area contributed by atoms with E-state index >= 15 is 0 Å². The predicted octanol–water partition coefficient (Wildman–Crippen LogP) is -0.268. The lowest BCUT2D eigenvalue weighted by Gasteiger charge is -2.44. The van der Waals surface area contributed by atoms with Gasteiger partial charge in [-0.2, -0.15) is 0 Å². The van der Waals surface area contributed by atoms with Gasteiger partial charge in [-0.15, -0.1) is 0 Å². The van der Waals surface area contributed by atoms with Crippen molar-refractivity contribution in [2.24, 2.45) is 5.41 Å². The van der Waals surface area contributed by atoms with Crippen LogP contribution in [0.1, 0.15) is 6.42 Å². The number of rotatable bonds is 2. The molecule has 14 heavy (non-hydrogen) atoms. The van der Waals surface area contributed by atoms with Crippen molar-refractivity contribution < 1.29 is 24.1 Å². The van der Waals surface area contributed by atoms with Crippen LogP contribution in [-0.2, 0) is 18.9 Å². The molecule has 1 spiro atoms. The Morgan fingerprint density at radius 3 is 2.36 bits per heavy atom. The Balaban J connectivity index is 2.02. The Kier molecular flexibility index (Phi) is 3.35. The number of aliphatic hydroxyl groups excluding tert-OH is 1. The number of ether oxygens (including phenoxy) is 4. The fourth-order valence-corrected chi connectivity index (χ4v) is 2.01. The quantitative estimate of drug-likeness (QED) is 0.671. The number of aliphatic hydroxyl groups is 1. The molecular weight excluding hydrogens is 188 g/mol. The molecule has 5 nitrogen and oxygen atoms in total. The second-order valence-electron chi connectivity index (χ2n) is 3.81. The van der Waals surface area contributed by atoms with Crippen LogP contribution in [0.3, 0.4) is 0 Å². The van der Waals surface area contributed by atoms with E-state index in [0.29, 0.717) is 39.8 Å². The first-order valence-corrected chi connectivity index (χ1v) is 4.83. The van der Waals surface area contributed by atoms with Crippen LogP contribution in [0, 0.1) is 5.41 Å². The Hall–Kier alpha value is -0.200. The molecule has 2 heterocycles. The SMILES string of the molecule is OCCC1OCOCC12COCOC2. The second kappa shape index (κ2) is 4.55. The van der Waals surface area contributed by atoms with Crippen LogP contribution in [0.4, 0.5) is 0 Å². The molecule has 0 aromatic carbocycles. The zero-order valence-corrected chi connectivity index (χ0v) is 8.11. The number of hydrogen-bond acceptors (Lipinski definition) is 5. The number of hydrogen-bond donors (Lipinski definition) is 1. The van der Waals surface area contributed by atoms with E-state index < -0.39 is 0 Å². The molecule has 0 bridgehead atoms. The smallest absolute Gasteiger partial charge is 0.147 e. The molecule has 1 unspecified atom stereocenters. The van der Waals surface area contributed by atoms with Gasteiger partial charge in [-0.1, -0.05) is 0 Å². The summed E-state index contributed by atoms with van der Waals surface area (Å²) in [4.78, 5) is 0. The highest BCUT2D eigenvalue weighted by Crippen LogP contribution is 2.33. The Morgan fingerprint density at radius 2 is 1.71 bits per heavy atom. The maximum absolute atomic E-state index is 8.93. The molecule has 2 fully saturated rings. The molecule has 2 rings (SSSR count). The molecule has 1 atom stereocenters. The minimum atomic E-state index is -0.223. The van der Waals surface area contributed by atoms with E-state index in [9.17, 15) is 0 Å². The van der Waals surface area contributed by atoms with Crippen molar-refractivity contribution in [3.63, 3.8) is 0 Å². The van der Waals surface area contributed by atoms with Gasteiger partial charge in [-0.05, 0) is 6.42 Å². The average Bonchev–Trinajstić information content (AvgIpc) is 2.23. The summed E-state index contributed by atoms with van der Waals surface area (Å²) in [5.41, 5.74) is -0.223. The predicted molar refractivity (Wildman–Crippen MR) is 46.6 cm³/mol. The van der Waals surface area contributed by atoms with Crippen LogP contribution in [0.25, 0.3) is 0 Å². The maximum atomic E-state index is 8.93. The van der Waals surface area contributed by atoms with E-state index in [4.69, 9.17) is 24.1 Å². The summed E-state index contributed by atoms with van der Waals surface area (Å²) in [5, 5.41) is 8.93. The molecule has 1 N–H and O–H groups in total. The highest BCUT2D eigenvalue weighted by Gasteiger charge is 2.44. The standard InChI is InChI=1S/C9H16O5/c10-2-1-8-9(5-13-7-14-8)3-11-6-12-4-9/h8,10H,1-7H2. The van der Waals surface area contributed by atoms with Gasteiger partial charge in [0.25, 0.3) is 0 Å². The average molecular weight is 204 g/mol. The molecule has 2 aliphatic rings. The highest BCUT2D eigenvalue weighted by atomic mass is 16.7. The molecule has 0 aliphatic carbocycles. The molecule has 0 amide bonds. The minimum absolute atomic E-state index is 0.0263. The van der Waals surface area contributed by atoms with Gasteiger partial charge in [0.05, 0.1) is 31.3 Å². The Bertz CT molecular complexity index is 168. The molecule has 2 saturated heterocycles. The summed E-state index contributed by atoms with van der Waals surface area (Å²) in [6.45, 7) is 2.50. The minimum Gasteiger partial charge on any atom is -0.396 e. The lowest BCUT2D eigenvalue weighted by atomic mass is 9.82. The first-order valence-electron chi connectivity index (χ1n) is 4.83. The zero-order valence-electron chi connectivity index (χ0n) is 8.11. The third-order valence-corrected chi connectivity index (χ3v) is 2.76. The van der Waals surface area contributed by atoms with Crippen LogP contribution in [0.2, 0.25) is 0 Å². The van der Waals surface area contributed by atoms with Gasteiger partial charge in [0.1, 0.15) is 13.6 Å². The van der Waals surface area contributed by atoms with E-state index in [-0.39, 0.29) is 18.1 Å². The summed E-state index contributed by atoms with van der Waals surface area (Å²) < 4.78 is 21.3. The van der Waals surface area contributed by atoms with Gasteiger partial charge < -0.3 is 24.1 Å². The monoisotopic (exact) mass is 204 g/mol. The first-order chi connectivity index (χ1) is 6.87. The van der Waals surface area contributed by atoms with E-state index in [2.05, 4.69) is 0 Å². The molecule has 0 aromatic heterocycles. The fraction of sp³-hybridized carbons (Fsp3) is 1.00. The third-order valence-electron chi connectivity index (χ3n) is 2.76. The summed E-state index contributed by atoms with van der Waals surface area (Å²) in [6, 6.07) is 0. The fourth-order valence-electron chi connectivity index (χ4n) is 2.01. The van der Waals surface area contributed by atoms with Crippen molar-refractivity contribution in [2.45, 2.75) is 12.5 Å². The van der Waals surface area contributed by atoms with Gasteiger partial charge in [-0.25, -0.2) is 0 Å². The zero-order chi connectivity index (χ0) is 9.86. The van der Waals surface area contributed by atoms with Crippen molar-refractivity contribution in [3.8, 4) is 0 Å². The van der Waals surface area contributed by atoms with Crippen LogP contribution >= 0.6 is 0 Å². The normalized spacial score (nSPS) is 31.9. The Labute approximate surface area is 82.9 Å². The maximum Gasteiger partial charge on any atom is 0.147 e. The molecule has 0 aromatic rings.